The van der Waals surface area contributed by atoms with Gasteiger partial charge in [0.15, 0.2) is 0 Å². The number of hydrogen-bond acceptors (Lipinski definition) is 0. The van der Waals surface area contributed by atoms with E-state index in [1.165, 1.54) is 121 Å². The van der Waals surface area contributed by atoms with E-state index in [1.807, 2.05) is 0 Å². The molecule has 0 nitrogen and oxygen atoms in total. The molecule has 0 spiro atoms. The smallest absolute Gasteiger partial charge is 0.00137 e. The minimum atomic E-state index is 1.20. The summed E-state index contributed by atoms with van der Waals surface area (Å²) in [6, 6.07) is 89.6. The Morgan fingerprint density at radius 2 is 0.532 bits per heavy atom. The molecule has 0 heteroatoms. The SMILES string of the molecule is c1ccc(-c2ccc(-c3ccc4c(c3)c(-c3cccc5ccccc35)c(-c3cccc5ccccc35)c3cc(-c5cc6ccccc6cc5-c5ccccc5)ccc34)cc2)cc1. The van der Waals surface area contributed by atoms with Crippen molar-refractivity contribution in [2.24, 2.45) is 0 Å². The van der Waals surface area contributed by atoms with Crippen molar-refractivity contribution in [3.8, 4) is 66.8 Å². The van der Waals surface area contributed by atoms with Crippen LogP contribution in [0, 0.1) is 0 Å². The van der Waals surface area contributed by atoms with E-state index >= 15 is 0 Å². The molecule has 0 atom stereocenters. The maximum absolute atomic E-state index is 2.48. The van der Waals surface area contributed by atoms with Gasteiger partial charge >= 0.3 is 0 Å². The largest absolute Gasteiger partial charge is 0.0622 e. The molecule has 62 heavy (non-hydrogen) atoms. The zero-order valence-electron chi connectivity index (χ0n) is 34.1. The van der Waals surface area contributed by atoms with E-state index in [-0.39, 0.29) is 0 Å². The van der Waals surface area contributed by atoms with Crippen LogP contribution in [0.3, 0.4) is 0 Å². The summed E-state index contributed by atoms with van der Waals surface area (Å²) in [5.74, 6) is 0. The first-order valence-electron chi connectivity index (χ1n) is 21.5. The minimum Gasteiger partial charge on any atom is -0.0622 e. The number of hydrogen-bond donors (Lipinski definition) is 0. The van der Waals surface area contributed by atoms with Crippen molar-refractivity contribution in [2.75, 3.05) is 0 Å². The Morgan fingerprint density at radius 3 is 1.08 bits per heavy atom. The Kier molecular flexibility index (Phi) is 8.61. The van der Waals surface area contributed by atoms with Crippen LogP contribution >= 0.6 is 0 Å². The van der Waals surface area contributed by atoms with Crippen molar-refractivity contribution in [1.82, 2.24) is 0 Å². The van der Waals surface area contributed by atoms with Gasteiger partial charge in [0.05, 0.1) is 0 Å². The van der Waals surface area contributed by atoms with E-state index in [9.17, 15) is 0 Å². The van der Waals surface area contributed by atoms with Crippen LogP contribution in [0.2, 0.25) is 0 Å². The van der Waals surface area contributed by atoms with Gasteiger partial charge in [-0.15, -0.1) is 0 Å². The molecular weight excluding hydrogens is 745 g/mol. The fraction of sp³-hybridized carbons (Fsp3) is 0. The number of benzene rings is 12. The third-order valence-electron chi connectivity index (χ3n) is 12.8. The maximum atomic E-state index is 2.48. The lowest BCUT2D eigenvalue weighted by molar-refractivity contribution is 1.60. The molecule has 0 aliphatic carbocycles. The fourth-order valence-corrected chi connectivity index (χ4v) is 9.86. The van der Waals surface area contributed by atoms with Crippen LogP contribution in [0.5, 0.6) is 0 Å². The van der Waals surface area contributed by atoms with Crippen LogP contribution in [0.15, 0.2) is 243 Å². The quantitative estimate of drug-likeness (QED) is 0.147. The van der Waals surface area contributed by atoms with Gasteiger partial charge in [0, 0.05) is 0 Å². The van der Waals surface area contributed by atoms with Gasteiger partial charge in [-0.05, 0) is 145 Å². The third-order valence-corrected chi connectivity index (χ3v) is 12.8. The number of fused-ring (bicyclic) bond motifs is 6. The van der Waals surface area contributed by atoms with Crippen molar-refractivity contribution >= 4 is 53.9 Å². The van der Waals surface area contributed by atoms with E-state index < -0.39 is 0 Å². The van der Waals surface area contributed by atoms with E-state index in [4.69, 9.17) is 0 Å². The maximum Gasteiger partial charge on any atom is -0.00137 e. The Hall–Kier alpha value is -8.06. The van der Waals surface area contributed by atoms with Crippen molar-refractivity contribution in [3.05, 3.63) is 243 Å². The minimum absolute atomic E-state index is 1.20. The monoisotopic (exact) mass is 784 g/mol. The van der Waals surface area contributed by atoms with Crippen molar-refractivity contribution in [3.63, 3.8) is 0 Å². The molecule has 0 saturated heterocycles. The lowest BCUT2D eigenvalue weighted by Crippen LogP contribution is -1.95. The van der Waals surface area contributed by atoms with Crippen LogP contribution in [0.25, 0.3) is 121 Å². The highest BCUT2D eigenvalue weighted by atomic mass is 14.3. The lowest BCUT2D eigenvalue weighted by Gasteiger charge is -2.22. The highest BCUT2D eigenvalue weighted by Crippen LogP contribution is 2.50. The van der Waals surface area contributed by atoms with Crippen LogP contribution < -0.4 is 0 Å². The zero-order valence-corrected chi connectivity index (χ0v) is 34.1. The molecule has 0 radical (unpaired) electrons. The molecule has 0 aromatic heterocycles. The van der Waals surface area contributed by atoms with Crippen molar-refractivity contribution in [2.45, 2.75) is 0 Å². The fourth-order valence-electron chi connectivity index (χ4n) is 9.86. The topological polar surface area (TPSA) is 0 Å². The molecule has 12 aromatic rings. The second-order valence-electron chi connectivity index (χ2n) is 16.4. The van der Waals surface area contributed by atoms with Crippen molar-refractivity contribution < 1.29 is 0 Å². The molecule has 12 aromatic carbocycles. The Morgan fingerprint density at radius 1 is 0.161 bits per heavy atom. The predicted molar refractivity (Wildman–Crippen MR) is 267 cm³/mol. The molecule has 0 fully saturated rings. The average molecular weight is 785 g/mol. The van der Waals surface area contributed by atoms with Gasteiger partial charge < -0.3 is 0 Å². The molecule has 0 amide bonds. The first-order valence-corrected chi connectivity index (χ1v) is 21.5. The van der Waals surface area contributed by atoms with Crippen LogP contribution in [0.4, 0.5) is 0 Å². The molecule has 0 bridgehead atoms. The molecule has 12 rings (SSSR count). The summed E-state index contributed by atoms with van der Waals surface area (Å²) in [5.41, 5.74) is 14.7. The van der Waals surface area contributed by atoms with Gasteiger partial charge in [0.25, 0.3) is 0 Å². The lowest BCUT2D eigenvalue weighted by atomic mass is 9.80. The second kappa shape index (κ2) is 14.9. The average Bonchev–Trinajstić information content (AvgIpc) is 3.35. The van der Waals surface area contributed by atoms with Gasteiger partial charge in [-0.1, -0.05) is 218 Å². The third kappa shape index (κ3) is 6.08. The van der Waals surface area contributed by atoms with E-state index in [0.29, 0.717) is 0 Å². The molecule has 0 unspecified atom stereocenters. The normalized spacial score (nSPS) is 11.5. The van der Waals surface area contributed by atoms with Gasteiger partial charge in [-0.25, -0.2) is 0 Å². The van der Waals surface area contributed by atoms with Gasteiger partial charge in [-0.3, -0.25) is 0 Å². The highest BCUT2D eigenvalue weighted by Gasteiger charge is 2.22. The molecular formula is C62H40. The summed E-state index contributed by atoms with van der Waals surface area (Å²) < 4.78 is 0. The van der Waals surface area contributed by atoms with E-state index in [2.05, 4.69) is 243 Å². The summed E-state index contributed by atoms with van der Waals surface area (Å²) in [5, 5.41) is 12.4. The number of rotatable bonds is 6. The highest BCUT2D eigenvalue weighted by molar-refractivity contribution is 6.26. The van der Waals surface area contributed by atoms with Gasteiger partial charge in [0.2, 0.25) is 0 Å². The molecule has 0 heterocycles. The summed E-state index contributed by atoms with van der Waals surface area (Å²) >= 11 is 0. The second-order valence-corrected chi connectivity index (χ2v) is 16.4. The molecule has 0 aliphatic heterocycles. The Labute approximate surface area is 361 Å². The van der Waals surface area contributed by atoms with Crippen LogP contribution in [-0.2, 0) is 0 Å². The first-order chi connectivity index (χ1) is 30.7. The predicted octanol–water partition coefficient (Wildman–Crippen LogP) is 17.5. The van der Waals surface area contributed by atoms with Crippen molar-refractivity contribution in [1.29, 1.82) is 0 Å². The summed E-state index contributed by atoms with van der Waals surface area (Å²) in [7, 11) is 0. The standard InChI is InChI=1S/C62H40/c1-3-15-41(16-4-1)42-29-31-43(32-30-42)49-33-35-53-54-36-34-50(58-38-48-22-8-7-21-47(48)37-57(58)46-17-5-2-6-18-46)40-60(54)62(56-28-14-24-45-20-10-12-26-52(45)56)61(59(53)39-49)55-27-13-23-44-19-9-11-25-51(44)55/h1-40H. The van der Waals surface area contributed by atoms with Crippen LogP contribution in [-0.4, -0.2) is 0 Å². The van der Waals surface area contributed by atoms with E-state index in [0.717, 1.165) is 0 Å². The zero-order chi connectivity index (χ0) is 41.0. The first kappa shape index (κ1) is 35.8. The van der Waals surface area contributed by atoms with E-state index in [1.54, 1.807) is 0 Å². The Bertz CT molecular complexity index is 3640. The summed E-state index contributed by atoms with van der Waals surface area (Å²) in [4.78, 5) is 0. The molecule has 0 saturated carbocycles. The molecule has 0 N–H and O–H groups in total. The summed E-state index contributed by atoms with van der Waals surface area (Å²) in [6.45, 7) is 0. The Balaban J connectivity index is 1.21. The molecule has 288 valence electrons. The summed E-state index contributed by atoms with van der Waals surface area (Å²) in [6.07, 6.45) is 0. The van der Waals surface area contributed by atoms with Gasteiger partial charge in [0.1, 0.15) is 0 Å². The van der Waals surface area contributed by atoms with Crippen LogP contribution in [0.1, 0.15) is 0 Å². The van der Waals surface area contributed by atoms with Gasteiger partial charge in [-0.2, -0.15) is 0 Å². The molecule has 0 aliphatic rings.